The van der Waals surface area contributed by atoms with E-state index < -0.39 is 23.8 Å². The van der Waals surface area contributed by atoms with Crippen LogP contribution in [0.2, 0.25) is 20.1 Å². The van der Waals surface area contributed by atoms with E-state index in [1.807, 2.05) is 24.3 Å². The van der Waals surface area contributed by atoms with Crippen molar-refractivity contribution in [2.45, 2.75) is 37.8 Å². The predicted molar refractivity (Wildman–Crippen MR) is 224 cm³/mol. The van der Waals surface area contributed by atoms with Crippen LogP contribution in [0.1, 0.15) is 27.8 Å². The summed E-state index contributed by atoms with van der Waals surface area (Å²) in [7, 11) is 5.53. The summed E-state index contributed by atoms with van der Waals surface area (Å²) in [5.41, 5.74) is 0.547. The first-order valence-corrected chi connectivity index (χ1v) is 19.3. The summed E-state index contributed by atoms with van der Waals surface area (Å²) in [6, 6.07) is 15.0. The number of benzene rings is 3. The van der Waals surface area contributed by atoms with Crippen LogP contribution >= 0.6 is 68.8 Å². The number of aromatic nitrogens is 2. The monoisotopic (exact) mass is 926 g/mol. The summed E-state index contributed by atoms with van der Waals surface area (Å²) >= 11 is 25.6. The Bertz CT molecular complexity index is 2260. The van der Waals surface area contributed by atoms with Gasteiger partial charge in [-0.1, -0.05) is 80.8 Å². The van der Waals surface area contributed by atoms with Crippen molar-refractivity contribution in [1.29, 1.82) is 0 Å². The predicted octanol–water partition coefficient (Wildman–Crippen LogP) is 12.3. The number of nitrogens with zero attached hydrogens (tertiary/aromatic N) is 4. The van der Waals surface area contributed by atoms with E-state index in [1.165, 1.54) is 44.3 Å². The number of thioether (sulfide) groups is 1. The highest BCUT2D eigenvalue weighted by atomic mass is 35.7. The van der Waals surface area contributed by atoms with Gasteiger partial charge in [0.2, 0.25) is 11.8 Å². The van der Waals surface area contributed by atoms with Gasteiger partial charge < -0.3 is 23.7 Å². The van der Waals surface area contributed by atoms with E-state index in [4.69, 9.17) is 80.8 Å². The normalized spacial score (nSPS) is 10.2. The Morgan fingerprint density at radius 2 is 1.07 bits per heavy atom. The van der Waals surface area contributed by atoms with Crippen molar-refractivity contribution in [3.63, 3.8) is 0 Å². The number of hydrogen-bond acceptors (Lipinski definition) is 14. The van der Waals surface area contributed by atoms with Gasteiger partial charge in [-0.25, -0.2) is 18.4 Å². The molecule has 0 amide bonds. The third-order valence-electron chi connectivity index (χ3n) is 6.62. The zero-order valence-corrected chi connectivity index (χ0v) is 33.0. The van der Waals surface area contributed by atoms with Crippen molar-refractivity contribution in [2.24, 2.45) is 0 Å². The van der Waals surface area contributed by atoms with Gasteiger partial charge in [-0.15, -0.1) is 11.8 Å². The van der Waals surface area contributed by atoms with Crippen LogP contribution in [-0.2, 0) is 14.8 Å². The van der Waals surface area contributed by atoms with Crippen molar-refractivity contribution in [1.82, 2.24) is 9.97 Å². The first-order valence-electron chi connectivity index (χ1n) is 14.5. The van der Waals surface area contributed by atoms with E-state index in [0.717, 1.165) is 40.6 Å². The quantitative estimate of drug-likeness (QED) is 0.0468. The van der Waals surface area contributed by atoms with Crippen molar-refractivity contribution in [2.75, 3.05) is 21.3 Å². The molecule has 15 nitrogen and oxygen atoms in total. The van der Waals surface area contributed by atoms with Crippen LogP contribution < -0.4 is 23.7 Å². The molecule has 0 N–H and O–H groups in total. The molecule has 57 heavy (non-hydrogen) atoms. The van der Waals surface area contributed by atoms with Crippen LogP contribution in [0.15, 0.2) is 82.8 Å². The molecule has 0 unspecified atom stereocenters. The Balaban J connectivity index is 0.000000554. The number of non-ortho nitro benzene ring substituents is 2. The van der Waals surface area contributed by atoms with Crippen LogP contribution in [0.5, 0.6) is 40.5 Å². The molecule has 2 aromatic heterocycles. The van der Waals surface area contributed by atoms with Gasteiger partial charge in [0.15, 0.2) is 11.5 Å². The van der Waals surface area contributed by atoms with E-state index in [1.54, 1.807) is 13.2 Å². The van der Waals surface area contributed by atoms with Crippen LogP contribution in [0.4, 0.5) is 11.4 Å². The van der Waals surface area contributed by atoms with E-state index in [9.17, 15) is 28.6 Å². The third kappa shape index (κ3) is 13.6. The SMILES string of the molecule is C.C.C.COc1ccc(CSc2cc(Oc3c(Cl)cc([N+](=O)[O-])cc3Cl)cnc2OC)cc1.COc1ncc(Oc2c(Cl)cc([N+](=O)[O-])cc2Cl)cc1S(=O)(=O)Cl. The van der Waals surface area contributed by atoms with Crippen LogP contribution in [0.3, 0.4) is 0 Å². The fourth-order valence-corrected chi connectivity index (χ4v) is 7.15. The van der Waals surface area contributed by atoms with Crippen LogP contribution in [0.25, 0.3) is 0 Å². The molecule has 22 heteroatoms. The standard InChI is InChI=1S/C20H16Cl2N2O5S.C12H7Cl3N2O6S.3CH4/c1-27-14-5-3-12(4-6-14)11-30-18-9-15(10-23-20(18)28-2)29-19-16(21)7-13(24(25)26)8-17(19)22;1-22-12-10(24(15,20)21)4-7(5-16-12)23-11-8(13)2-6(17(18)19)3-9(11)14;;;/h3-10H,11H2,1-2H3;2-5H,1H3;3*1H4. The summed E-state index contributed by atoms with van der Waals surface area (Å²) in [6.45, 7) is 0. The number of ether oxygens (including phenoxy) is 5. The molecule has 3 aromatic carbocycles. The first kappa shape index (κ1) is 50.5. The number of methoxy groups -OCH3 is 3. The number of halogens is 5. The van der Waals surface area contributed by atoms with Gasteiger partial charge >= 0.3 is 0 Å². The molecule has 308 valence electrons. The van der Waals surface area contributed by atoms with Crippen LogP contribution in [0, 0.1) is 20.2 Å². The minimum atomic E-state index is -4.15. The summed E-state index contributed by atoms with van der Waals surface area (Å²) in [6.07, 6.45) is 2.61. The second-order valence-corrected chi connectivity index (χ2v) is 15.3. The smallest absolute Gasteiger partial charge is 0.272 e. The zero-order valence-electron chi connectivity index (χ0n) is 27.6. The van der Waals surface area contributed by atoms with Gasteiger partial charge in [-0.05, 0) is 17.7 Å². The van der Waals surface area contributed by atoms with Gasteiger partial charge in [-0.3, -0.25) is 20.2 Å². The van der Waals surface area contributed by atoms with Crippen LogP contribution in [-0.4, -0.2) is 49.6 Å². The maximum Gasteiger partial charge on any atom is 0.272 e. The number of nitro benzene ring substituents is 2. The minimum Gasteiger partial charge on any atom is -0.497 e. The molecular formula is C35H35Cl5N4O11S2. The second-order valence-electron chi connectivity index (χ2n) is 10.1. The molecule has 0 radical (unpaired) electrons. The lowest BCUT2D eigenvalue weighted by Crippen LogP contribution is -2.00. The zero-order chi connectivity index (χ0) is 39.7. The molecule has 0 aliphatic heterocycles. The number of pyridine rings is 2. The largest absolute Gasteiger partial charge is 0.497 e. The Morgan fingerprint density at radius 3 is 1.46 bits per heavy atom. The number of rotatable bonds is 13. The minimum absolute atomic E-state index is 0. The van der Waals surface area contributed by atoms with Crippen molar-refractivity contribution in [3.05, 3.63) is 119 Å². The molecule has 0 fully saturated rings. The maximum absolute atomic E-state index is 11.5. The molecule has 0 bridgehead atoms. The Labute approximate surface area is 357 Å². The lowest BCUT2D eigenvalue weighted by molar-refractivity contribution is -0.385. The van der Waals surface area contributed by atoms with Gasteiger partial charge in [-0.2, -0.15) is 0 Å². The third-order valence-corrected chi connectivity index (χ3v) is 10.1. The molecular weight excluding hydrogens is 894 g/mol. The second kappa shape index (κ2) is 22.4. The molecule has 0 aliphatic carbocycles. The number of hydrogen-bond donors (Lipinski definition) is 0. The van der Waals surface area contributed by atoms with E-state index in [2.05, 4.69) is 9.97 Å². The summed E-state index contributed by atoms with van der Waals surface area (Å²) in [5.74, 6) is 1.99. The lowest BCUT2D eigenvalue weighted by atomic mass is 10.2. The molecule has 0 saturated carbocycles. The van der Waals surface area contributed by atoms with Gasteiger partial charge in [0.25, 0.3) is 20.4 Å². The molecule has 0 aliphatic rings. The molecule has 0 saturated heterocycles. The van der Waals surface area contributed by atoms with Gasteiger partial charge in [0, 0.05) is 52.8 Å². The molecule has 5 aromatic rings. The maximum atomic E-state index is 11.5. The van der Waals surface area contributed by atoms with Crippen molar-refractivity contribution >= 4 is 89.3 Å². The first-order chi connectivity index (χ1) is 25.5. The van der Waals surface area contributed by atoms with E-state index >= 15 is 0 Å². The molecule has 2 heterocycles. The summed E-state index contributed by atoms with van der Waals surface area (Å²) in [5, 5.41) is 21.4. The topological polar surface area (TPSA) is 192 Å². The molecule has 0 atom stereocenters. The molecule has 0 spiro atoms. The van der Waals surface area contributed by atoms with E-state index in [-0.39, 0.29) is 76.9 Å². The van der Waals surface area contributed by atoms with Gasteiger partial charge in [0.05, 0.1) is 68.6 Å². The van der Waals surface area contributed by atoms with E-state index in [0.29, 0.717) is 17.4 Å². The average Bonchev–Trinajstić information content (AvgIpc) is 3.13. The summed E-state index contributed by atoms with van der Waals surface area (Å²) in [4.78, 5) is 28.8. The lowest BCUT2D eigenvalue weighted by Gasteiger charge is -2.12. The highest BCUT2D eigenvalue weighted by Crippen LogP contribution is 2.42. The fourth-order valence-electron chi connectivity index (χ4n) is 4.14. The molecule has 5 rings (SSSR count). The number of nitro groups is 2. The Kier molecular flexibility index (Phi) is 19.9. The Morgan fingerprint density at radius 1 is 0.649 bits per heavy atom. The van der Waals surface area contributed by atoms with Crippen molar-refractivity contribution in [3.8, 4) is 40.5 Å². The Hall–Kier alpha value is -4.49. The average molecular weight is 929 g/mol. The van der Waals surface area contributed by atoms with Crippen molar-refractivity contribution < 1.29 is 41.9 Å². The highest BCUT2D eigenvalue weighted by molar-refractivity contribution is 8.13. The highest BCUT2D eigenvalue weighted by Gasteiger charge is 2.22. The fraction of sp³-hybridized carbons (Fsp3) is 0.200. The summed E-state index contributed by atoms with van der Waals surface area (Å²) < 4.78 is 49.5. The van der Waals surface area contributed by atoms with Gasteiger partial charge in [0.1, 0.15) is 22.1 Å².